The highest BCUT2D eigenvalue weighted by Crippen LogP contribution is 2.21. The van der Waals surface area contributed by atoms with E-state index in [0.717, 1.165) is 12.0 Å². The zero-order valence-electron chi connectivity index (χ0n) is 14.9. The Morgan fingerprint density at radius 1 is 1.07 bits per heavy atom. The Morgan fingerprint density at radius 2 is 1.89 bits per heavy atom. The molecular weight excluding hydrogens is 338 g/mol. The summed E-state index contributed by atoms with van der Waals surface area (Å²) in [6.07, 6.45) is 0.842. The SMILES string of the molecule is CCCNC(=O)c1cc(Nc2cccc(C#N)c2)nc(-c2ccccc2)n1. The molecule has 0 saturated carbocycles. The van der Waals surface area contributed by atoms with Gasteiger partial charge in [-0.1, -0.05) is 43.3 Å². The predicted octanol–water partition coefficient (Wildman–Crippen LogP) is 3.90. The molecular formula is C21H19N5O. The molecule has 0 aliphatic heterocycles. The summed E-state index contributed by atoms with van der Waals surface area (Å²) < 4.78 is 0. The van der Waals surface area contributed by atoms with Gasteiger partial charge >= 0.3 is 0 Å². The molecule has 0 aliphatic carbocycles. The Kier molecular flexibility index (Phi) is 5.75. The van der Waals surface area contributed by atoms with Crippen LogP contribution in [0.4, 0.5) is 11.5 Å². The fraction of sp³-hybridized carbons (Fsp3) is 0.143. The van der Waals surface area contributed by atoms with E-state index in [0.29, 0.717) is 29.4 Å². The summed E-state index contributed by atoms with van der Waals surface area (Å²) in [6.45, 7) is 2.57. The van der Waals surface area contributed by atoms with Gasteiger partial charge in [-0.3, -0.25) is 4.79 Å². The number of amides is 1. The van der Waals surface area contributed by atoms with Crippen LogP contribution in [-0.2, 0) is 0 Å². The van der Waals surface area contributed by atoms with Gasteiger partial charge in [-0.15, -0.1) is 0 Å². The molecule has 27 heavy (non-hydrogen) atoms. The largest absolute Gasteiger partial charge is 0.351 e. The average Bonchev–Trinajstić information content (AvgIpc) is 2.72. The van der Waals surface area contributed by atoms with Crippen molar-refractivity contribution in [3.8, 4) is 17.5 Å². The molecule has 2 aromatic carbocycles. The van der Waals surface area contributed by atoms with E-state index in [1.54, 1.807) is 24.3 Å². The number of carbonyl (C=O) groups excluding carboxylic acids is 1. The summed E-state index contributed by atoms with van der Waals surface area (Å²) in [5.41, 5.74) is 2.36. The number of nitriles is 1. The molecule has 0 spiro atoms. The number of carbonyl (C=O) groups is 1. The van der Waals surface area contributed by atoms with Crippen LogP contribution in [0.25, 0.3) is 11.4 Å². The van der Waals surface area contributed by atoms with E-state index in [2.05, 4.69) is 26.7 Å². The lowest BCUT2D eigenvalue weighted by Gasteiger charge is -2.11. The van der Waals surface area contributed by atoms with Crippen molar-refractivity contribution in [3.05, 3.63) is 71.9 Å². The van der Waals surface area contributed by atoms with Crippen LogP contribution >= 0.6 is 0 Å². The van der Waals surface area contributed by atoms with Gasteiger partial charge in [0.05, 0.1) is 11.6 Å². The van der Waals surface area contributed by atoms with Crippen molar-refractivity contribution in [2.75, 3.05) is 11.9 Å². The minimum atomic E-state index is -0.245. The summed E-state index contributed by atoms with van der Waals surface area (Å²) in [7, 11) is 0. The van der Waals surface area contributed by atoms with E-state index in [-0.39, 0.29) is 11.6 Å². The number of benzene rings is 2. The molecule has 6 nitrogen and oxygen atoms in total. The molecule has 1 amide bonds. The van der Waals surface area contributed by atoms with Gasteiger partial charge in [0.15, 0.2) is 5.82 Å². The third kappa shape index (κ3) is 4.67. The number of nitrogens with one attached hydrogen (secondary N) is 2. The molecule has 1 aromatic heterocycles. The van der Waals surface area contributed by atoms with Crippen LogP contribution < -0.4 is 10.6 Å². The van der Waals surface area contributed by atoms with Gasteiger partial charge < -0.3 is 10.6 Å². The number of hydrogen-bond donors (Lipinski definition) is 2. The van der Waals surface area contributed by atoms with Crippen LogP contribution in [-0.4, -0.2) is 22.4 Å². The van der Waals surface area contributed by atoms with Gasteiger partial charge in [-0.05, 0) is 24.6 Å². The lowest BCUT2D eigenvalue weighted by atomic mass is 10.2. The highest BCUT2D eigenvalue weighted by Gasteiger charge is 2.13. The number of aromatic nitrogens is 2. The third-order valence-electron chi connectivity index (χ3n) is 3.79. The van der Waals surface area contributed by atoms with Crippen molar-refractivity contribution in [1.82, 2.24) is 15.3 Å². The van der Waals surface area contributed by atoms with Crippen molar-refractivity contribution in [1.29, 1.82) is 5.26 Å². The number of rotatable bonds is 6. The summed E-state index contributed by atoms with van der Waals surface area (Å²) in [5.74, 6) is 0.699. The first-order valence-electron chi connectivity index (χ1n) is 8.69. The Labute approximate surface area is 157 Å². The predicted molar refractivity (Wildman–Crippen MR) is 105 cm³/mol. The van der Waals surface area contributed by atoms with Crippen LogP contribution in [0, 0.1) is 11.3 Å². The van der Waals surface area contributed by atoms with Gasteiger partial charge in [-0.2, -0.15) is 5.26 Å². The van der Waals surface area contributed by atoms with Crippen molar-refractivity contribution in [3.63, 3.8) is 0 Å². The monoisotopic (exact) mass is 357 g/mol. The van der Waals surface area contributed by atoms with Crippen LogP contribution in [0.15, 0.2) is 60.7 Å². The second kappa shape index (κ2) is 8.59. The Hall–Kier alpha value is -3.72. The fourth-order valence-electron chi connectivity index (χ4n) is 2.49. The number of hydrogen-bond acceptors (Lipinski definition) is 5. The summed E-state index contributed by atoms with van der Waals surface area (Å²) in [6, 6.07) is 20.3. The quantitative estimate of drug-likeness (QED) is 0.698. The third-order valence-corrected chi connectivity index (χ3v) is 3.79. The fourth-order valence-corrected chi connectivity index (χ4v) is 2.49. The molecule has 0 unspecified atom stereocenters. The first-order valence-corrected chi connectivity index (χ1v) is 8.69. The normalized spacial score (nSPS) is 10.1. The molecule has 0 aliphatic rings. The van der Waals surface area contributed by atoms with Crippen molar-refractivity contribution in [2.24, 2.45) is 0 Å². The van der Waals surface area contributed by atoms with E-state index < -0.39 is 0 Å². The molecule has 134 valence electrons. The van der Waals surface area contributed by atoms with Crippen molar-refractivity contribution < 1.29 is 4.79 Å². The topological polar surface area (TPSA) is 90.7 Å². The number of nitrogens with zero attached hydrogens (tertiary/aromatic N) is 3. The minimum Gasteiger partial charge on any atom is -0.351 e. The first-order chi connectivity index (χ1) is 13.2. The highest BCUT2D eigenvalue weighted by atomic mass is 16.1. The molecule has 1 heterocycles. The smallest absolute Gasteiger partial charge is 0.270 e. The molecule has 0 atom stereocenters. The van der Waals surface area contributed by atoms with E-state index in [1.165, 1.54) is 0 Å². The Balaban J connectivity index is 1.99. The molecule has 0 saturated heterocycles. The average molecular weight is 357 g/mol. The van der Waals surface area contributed by atoms with Crippen molar-refractivity contribution in [2.45, 2.75) is 13.3 Å². The summed E-state index contributed by atoms with van der Waals surface area (Å²) in [4.78, 5) is 21.4. The molecule has 2 N–H and O–H groups in total. The van der Waals surface area contributed by atoms with Crippen LogP contribution in [0.5, 0.6) is 0 Å². The van der Waals surface area contributed by atoms with Gasteiger partial charge in [0.2, 0.25) is 0 Å². The van der Waals surface area contributed by atoms with Crippen molar-refractivity contribution >= 4 is 17.4 Å². The summed E-state index contributed by atoms with van der Waals surface area (Å²) in [5, 5.41) is 15.1. The minimum absolute atomic E-state index is 0.245. The molecule has 0 fully saturated rings. The van der Waals surface area contributed by atoms with E-state index in [1.807, 2.05) is 43.3 Å². The summed E-state index contributed by atoms with van der Waals surface area (Å²) >= 11 is 0. The zero-order chi connectivity index (χ0) is 19.1. The lowest BCUT2D eigenvalue weighted by molar-refractivity contribution is 0.0948. The van der Waals surface area contributed by atoms with Crippen LogP contribution in [0.2, 0.25) is 0 Å². The Morgan fingerprint density at radius 3 is 2.63 bits per heavy atom. The standard InChI is InChI=1S/C21H19N5O/c1-2-11-23-21(27)18-13-19(24-17-10-6-7-15(12-17)14-22)26-20(25-18)16-8-4-3-5-9-16/h3-10,12-13H,2,11H2,1H3,(H,23,27)(H,24,25,26). The van der Waals surface area contributed by atoms with E-state index in [9.17, 15) is 4.79 Å². The number of anilines is 2. The van der Waals surface area contributed by atoms with Gasteiger partial charge in [0, 0.05) is 23.9 Å². The Bertz CT molecular complexity index is 979. The molecule has 0 bridgehead atoms. The van der Waals surface area contributed by atoms with Gasteiger partial charge in [-0.25, -0.2) is 9.97 Å². The molecule has 6 heteroatoms. The first kappa shape index (κ1) is 18.1. The molecule has 3 rings (SSSR count). The van der Waals surface area contributed by atoms with Crippen LogP contribution in [0.1, 0.15) is 29.4 Å². The van der Waals surface area contributed by atoms with E-state index >= 15 is 0 Å². The molecule has 0 radical (unpaired) electrons. The lowest BCUT2D eigenvalue weighted by Crippen LogP contribution is -2.25. The molecule has 3 aromatic rings. The second-order valence-corrected chi connectivity index (χ2v) is 5.90. The highest BCUT2D eigenvalue weighted by molar-refractivity contribution is 5.93. The zero-order valence-corrected chi connectivity index (χ0v) is 14.9. The van der Waals surface area contributed by atoms with E-state index in [4.69, 9.17) is 5.26 Å². The maximum absolute atomic E-state index is 12.4. The maximum atomic E-state index is 12.4. The maximum Gasteiger partial charge on any atom is 0.270 e. The van der Waals surface area contributed by atoms with Crippen LogP contribution in [0.3, 0.4) is 0 Å². The second-order valence-electron chi connectivity index (χ2n) is 5.90. The van der Waals surface area contributed by atoms with Gasteiger partial charge in [0.25, 0.3) is 5.91 Å². The van der Waals surface area contributed by atoms with Gasteiger partial charge in [0.1, 0.15) is 11.5 Å².